The standard InChI is InChI=1S/C11H14N2O2/c14-11(15)13(10-6-7-12-8-10)9-4-2-1-3-5-9/h1-5,10,12H,6-8H2,(H,14,15). The first-order chi connectivity index (χ1) is 7.29. The molecule has 0 radical (unpaired) electrons. The van der Waals surface area contributed by atoms with Crippen molar-refractivity contribution in [2.24, 2.45) is 0 Å². The molecular weight excluding hydrogens is 192 g/mol. The molecule has 1 amide bonds. The van der Waals surface area contributed by atoms with Crippen LogP contribution in [0.2, 0.25) is 0 Å². The van der Waals surface area contributed by atoms with E-state index in [-0.39, 0.29) is 6.04 Å². The molecule has 0 spiro atoms. The Labute approximate surface area is 88.5 Å². The summed E-state index contributed by atoms with van der Waals surface area (Å²) in [5, 5.41) is 12.4. The lowest BCUT2D eigenvalue weighted by molar-refractivity contribution is 0.199. The molecule has 1 heterocycles. The molecule has 1 saturated heterocycles. The summed E-state index contributed by atoms with van der Waals surface area (Å²) in [6, 6.07) is 9.31. The lowest BCUT2D eigenvalue weighted by atomic mass is 10.2. The number of benzene rings is 1. The van der Waals surface area contributed by atoms with E-state index in [0.717, 1.165) is 25.2 Å². The molecule has 2 rings (SSSR count). The Hall–Kier alpha value is -1.55. The number of para-hydroxylation sites is 1. The van der Waals surface area contributed by atoms with Gasteiger partial charge in [0.1, 0.15) is 0 Å². The molecule has 4 heteroatoms. The third-order valence-corrected chi connectivity index (χ3v) is 2.64. The lowest BCUT2D eigenvalue weighted by Gasteiger charge is -2.25. The number of anilines is 1. The molecule has 4 nitrogen and oxygen atoms in total. The monoisotopic (exact) mass is 206 g/mol. The fraction of sp³-hybridized carbons (Fsp3) is 0.364. The van der Waals surface area contributed by atoms with Crippen molar-refractivity contribution in [2.45, 2.75) is 12.5 Å². The van der Waals surface area contributed by atoms with Crippen LogP contribution in [0.1, 0.15) is 6.42 Å². The zero-order chi connectivity index (χ0) is 10.7. The molecule has 80 valence electrons. The van der Waals surface area contributed by atoms with E-state index in [1.165, 1.54) is 4.90 Å². The quantitative estimate of drug-likeness (QED) is 0.771. The zero-order valence-electron chi connectivity index (χ0n) is 8.39. The minimum absolute atomic E-state index is 0.0601. The number of amides is 1. The molecule has 0 aliphatic carbocycles. The van der Waals surface area contributed by atoms with Crippen molar-refractivity contribution in [3.05, 3.63) is 30.3 Å². The van der Waals surface area contributed by atoms with E-state index in [4.69, 9.17) is 0 Å². The minimum atomic E-state index is -0.880. The summed E-state index contributed by atoms with van der Waals surface area (Å²) < 4.78 is 0. The molecule has 0 aromatic heterocycles. The van der Waals surface area contributed by atoms with Crippen molar-refractivity contribution in [3.8, 4) is 0 Å². The topological polar surface area (TPSA) is 52.6 Å². The van der Waals surface area contributed by atoms with Gasteiger partial charge in [0.2, 0.25) is 0 Å². The van der Waals surface area contributed by atoms with Gasteiger partial charge in [-0.15, -0.1) is 0 Å². The highest BCUT2D eigenvalue weighted by Gasteiger charge is 2.27. The van der Waals surface area contributed by atoms with Gasteiger partial charge in [0.05, 0.1) is 6.04 Å². The van der Waals surface area contributed by atoms with Gasteiger partial charge < -0.3 is 10.4 Å². The summed E-state index contributed by atoms with van der Waals surface area (Å²) in [7, 11) is 0. The fourth-order valence-corrected chi connectivity index (χ4v) is 1.93. The molecule has 0 bridgehead atoms. The highest BCUT2D eigenvalue weighted by atomic mass is 16.4. The second kappa shape index (κ2) is 4.31. The average molecular weight is 206 g/mol. The summed E-state index contributed by atoms with van der Waals surface area (Å²) in [6.07, 6.45) is -0.00354. The fourth-order valence-electron chi connectivity index (χ4n) is 1.93. The molecule has 15 heavy (non-hydrogen) atoms. The Morgan fingerprint density at radius 3 is 2.67 bits per heavy atom. The zero-order valence-corrected chi connectivity index (χ0v) is 8.39. The van der Waals surface area contributed by atoms with Crippen LogP contribution in [0, 0.1) is 0 Å². The van der Waals surface area contributed by atoms with Gasteiger partial charge in [-0.3, -0.25) is 4.90 Å². The minimum Gasteiger partial charge on any atom is -0.465 e. The molecule has 1 atom stereocenters. The smallest absolute Gasteiger partial charge is 0.412 e. The SMILES string of the molecule is O=C(O)N(c1ccccc1)C1CCNC1. The first-order valence-corrected chi connectivity index (χ1v) is 5.07. The van der Waals surface area contributed by atoms with Crippen LogP contribution in [0.15, 0.2) is 30.3 Å². The predicted octanol–water partition coefficient (Wildman–Crippen LogP) is 1.53. The van der Waals surface area contributed by atoms with E-state index in [9.17, 15) is 9.90 Å². The Kier molecular flexibility index (Phi) is 2.87. The highest BCUT2D eigenvalue weighted by molar-refractivity contribution is 5.86. The van der Waals surface area contributed by atoms with E-state index >= 15 is 0 Å². The molecule has 1 aliphatic heterocycles. The van der Waals surface area contributed by atoms with Gasteiger partial charge in [0, 0.05) is 12.2 Å². The number of nitrogens with zero attached hydrogens (tertiary/aromatic N) is 1. The third kappa shape index (κ3) is 2.10. The van der Waals surface area contributed by atoms with Gasteiger partial charge in [0.25, 0.3) is 0 Å². The number of rotatable bonds is 2. The van der Waals surface area contributed by atoms with Crippen LogP contribution >= 0.6 is 0 Å². The van der Waals surface area contributed by atoms with E-state index in [1.807, 2.05) is 30.3 Å². The Bertz CT molecular complexity index is 334. The number of carbonyl (C=O) groups is 1. The summed E-state index contributed by atoms with van der Waals surface area (Å²) in [5.41, 5.74) is 0.749. The van der Waals surface area contributed by atoms with E-state index in [1.54, 1.807) is 0 Å². The van der Waals surface area contributed by atoms with Crippen molar-refractivity contribution in [1.82, 2.24) is 5.32 Å². The van der Waals surface area contributed by atoms with Gasteiger partial charge in [0.15, 0.2) is 0 Å². The normalized spacial score (nSPS) is 20.1. The number of nitrogens with one attached hydrogen (secondary N) is 1. The number of carboxylic acid groups (broad SMARTS) is 1. The molecule has 1 unspecified atom stereocenters. The highest BCUT2D eigenvalue weighted by Crippen LogP contribution is 2.19. The molecule has 1 aromatic carbocycles. The molecule has 0 saturated carbocycles. The first kappa shape index (κ1) is 9.98. The predicted molar refractivity (Wildman–Crippen MR) is 58.2 cm³/mol. The summed E-state index contributed by atoms with van der Waals surface area (Å²) in [4.78, 5) is 12.6. The van der Waals surface area contributed by atoms with Gasteiger partial charge in [-0.1, -0.05) is 18.2 Å². The number of hydrogen-bond donors (Lipinski definition) is 2. The average Bonchev–Trinajstić information content (AvgIpc) is 2.72. The number of hydrogen-bond acceptors (Lipinski definition) is 2. The largest absolute Gasteiger partial charge is 0.465 e. The van der Waals surface area contributed by atoms with Crippen molar-refractivity contribution < 1.29 is 9.90 Å². The molecular formula is C11H14N2O2. The Morgan fingerprint density at radius 1 is 1.40 bits per heavy atom. The maximum absolute atomic E-state index is 11.2. The van der Waals surface area contributed by atoms with Crippen LogP contribution in [0.5, 0.6) is 0 Å². The van der Waals surface area contributed by atoms with Crippen LogP contribution in [-0.2, 0) is 0 Å². The molecule has 2 N–H and O–H groups in total. The van der Waals surface area contributed by atoms with Crippen molar-refractivity contribution in [3.63, 3.8) is 0 Å². The Balaban J connectivity index is 2.23. The molecule has 1 fully saturated rings. The summed E-state index contributed by atoms with van der Waals surface area (Å²) in [6.45, 7) is 1.63. The van der Waals surface area contributed by atoms with Gasteiger partial charge in [-0.25, -0.2) is 4.79 Å². The van der Waals surface area contributed by atoms with Crippen molar-refractivity contribution >= 4 is 11.8 Å². The third-order valence-electron chi connectivity index (χ3n) is 2.64. The van der Waals surface area contributed by atoms with E-state index < -0.39 is 6.09 Å². The van der Waals surface area contributed by atoms with Crippen LogP contribution in [0.25, 0.3) is 0 Å². The van der Waals surface area contributed by atoms with Crippen LogP contribution < -0.4 is 10.2 Å². The summed E-state index contributed by atoms with van der Waals surface area (Å²) in [5.74, 6) is 0. The molecule has 1 aliphatic rings. The lowest BCUT2D eigenvalue weighted by Crippen LogP contribution is -2.40. The van der Waals surface area contributed by atoms with Crippen molar-refractivity contribution in [2.75, 3.05) is 18.0 Å². The van der Waals surface area contributed by atoms with Gasteiger partial charge >= 0.3 is 6.09 Å². The van der Waals surface area contributed by atoms with E-state index in [0.29, 0.717) is 0 Å². The second-order valence-corrected chi connectivity index (χ2v) is 3.63. The first-order valence-electron chi connectivity index (χ1n) is 5.07. The maximum Gasteiger partial charge on any atom is 0.412 e. The van der Waals surface area contributed by atoms with Crippen LogP contribution in [-0.4, -0.2) is 30.3 Å². The molecule has 1 aromatic rings. The van der Waals surface area contributed by atoms with Gasteiger partial charge in [-0.05, 0) is 25.1 Å². The van der Waals surface area contributed by atoms with Crippen LogP contribution in [0.4, 0.5) is 10.5 Å². The Morgan fingerprint density at radius 2 is 2.13 bits per heavy atom. The van der Waals surface area contributed by atoms with Crippen LogP contribution in [0.3, 0.4) is 0 Å². The van der Waals surface area contributed by atoms with Gasteiger partial charge in [-0.2, -0.15) is 0 Å². The van der Waals surface area contributed by atoms with E-state index in [2.05, 4.69) is 5.32 Å². The van der Waals surface area contributed by atoms with Crippen molar-refractivity contribution in [1.29, 1.82) is 0 Å². The second-order valence-electron chi connectivity index (χ2n) is 3.63. The maximum atomic E-state index is 11.2. The summed E-state index contributed by atoms with van der Waals surface area (Å²) >= 11 is 0.